The van der Waals surface area contributed by atoms with Gasteiger partial charge in [0.1, 0.15) is 9.30 Å². The lowest BCUT2D eigenvalue weighted by Crippen LogP contribution is -2.40. The molecular formula is C20H26IN3O2. The molecule has 2 aromatic rings. The molecule has 1 aliphatic heterocycles. The Hall–Kier alpha value is -1.57. The van der Waals surface area contributed by atoms with E-state index in [0.717, 1.165) is 21.4 Å². The number of halogens is 1. The SMILES string of the molecule is CC(C)c1ccc(-n2nc(I)c3c2CCN(C(=O)OC(C)(C)C)C3)cc1. The third kappa shape index (κ3) is 4.05. The van der Waals surface area contributed by atoms with Crippen LogP contribution in [-0.2, 0) is 17.7 Å². The first-order valence-corrected chi connectivity index (χ1v) is 10.1. The van der Waals surface area contributed by atoms with Gasteiger partial charge in [0.2, 0.25) is 0 Å². The van der Waals surface area contributed by atoms with Crippen molar-refractivity contribution in [1.29, 1.82) is 0 Å². The number of benzene rings is 1. The molecule has 0 aliphatic carbocycles. The first-order valence-electron chi connectivity index (χ1n) is 9.00. The summed E-state index contributed by atoms with van der Waals surface area (Å²) in [5, 5.41) is 4.73. The molecule has 1 aliphatic rings. The van der Waals surface area contributed by atoms with Crippen LogP contribution in [0.15, 0.2) is 24.3 Å². The van der Waals surface area contributed by atoms with Crippen molar-refractivity contribution in [1.82, 2.24) is 14.7 Å². The molecule has 0 saturated heterocycles. The predicted octanol–water partition coefficient (Wildman–Crippen LogP) is 4.89. The highest BCUT2D eigenvalue weighted by molar-refractivity contribution is 14.1. The standard InChI is InChI=1S/C20H26IN3O2/c1-13(2)14-6-8-15(9-7-14)24-17-10-11-23(12-16(17)18(21)22-24)19(25)26-20(3,4)5/h6-9,13H,10-12H2,1-5H3. The maximum atomic E-state index is 12.4. The molecule has 0 atom stereocenters. The first kappa shape index (κ1) is 19.2. The summed E-state index contributed by atoms with van der Waals surface area (Å²) in [5.74, 6) is 0.512. The number of hydrogen-bond acceptors (Lipinski definition) is 3. The largest absolute Gasteiger partial charge is 0.444 e. The molecule has 2 heterocycles. The third-order valence-electron chi connectivity index (χ3n) is 4.46. The van der Waals surface area contributed by atoms with Crippen LogP contribution >= 0.6 is 22.6 Å². The van der Waals surface area contributed by atoms with Crippen LogP contribution in [-0.4, -0.2) is 32.9 Å². The molecule has 0 radical (unpaired) electrons. The average Bonchev–Trinajstić information content (AvgIpc) is 2.90. The Balaban J connectivity index is 1.84. The Kier molecular flexibility index (Phi) is 5.33. The van der Waals surface area contributed by atoms with Gasteiger partial charge in [0, 0.05) is 18.5 Å². The van der Waals surface area contributed by atoms with Gasteiger partial charge >= 0.3 is 6.09 Å². The molecule has 0 fully saturated rings. The van der Waals surface area contributed by atoms with Crippen LogP contribution in [0.4, 0.5) is 4.79 Å². The number of carbonyl (C=O) groups excluding carboxylic acids is 1. The lowest BCUT2D eigenvalue weighted by atomic mass is 10.0. The highest BCUT2D eigenvalue weighted by Gasteiger charge is 2.29. The molecule has 3 rings (SSSR count). The van der Waals surface area contributed by atoms with Gasteiger partial charge in [-0.2, -0.15) is 5.10 Å². The summed E-state index contributed by atoms with van der Waals surface area (Å²) < 4.78 is 8.48. The number of amides is 1. The van der Waals surface area contributed by atoms with E-state index in [9.17, 15) is 4.79 Å². The van der Waals surface area contributed by atoms with Gasteiger partial charge in [-0.05, 0) is 67.0 Å². The summed E-state index contributed by atoms with van der Waals surface area (Å²) in [6.45, 7) is 11.3. The molecule has 1 aromatic heterocycles. The van der Waals surface area contributed by atoms with Crippen molar-refractivity contribution >= 4 is 28.7 Å². The van der Waals surface area contributed by atoms with Crippen LogP contribution in [0.25, 0.3) is 5.69 Å². The van der Waals surface area contributed by atoms with Crippen molar-refractivity contribution in [2.24, 2.45) is 0 Å². The van der Waals surface area contributed by atoms with Gasteiger partial charge in [0.15, 0.2) is 0 Å². The summed E-state index contributed by atoms with van der Waals surface area (Å²) >= 11 is 2.26. The molecule has 1 aromatic carbocycles. The number of hydrogen-bond donors (Lipinski definition) is 0. The second-order valence-corrected chi connectivity index (χ2v) is 9.05. The normalized spacial score (nSPS) is 14.5. The van der Waals surface area contributed by atoms with Crippen LogP contribution < -0.4 is 0 Å². The van der Waals surface area contributed by atoms with Crippen LogP contribution in [0.5, 0.6) is 0 Å². The molecule has 0 bridgehead atoms. The van der Waals surface area contributed by atoms with Crippen LogP contribution in [0, 0.1) is 3.70 Å². The van der Waals surface area contributed by atoms with Gasteiger partial charge in [-0.15, -0.1) is 0 Å². The van der Waals surface area contributed by atoms with E-state index >= 15 is 0 Å². The summed E-state index contributed by atoms with van der Waals surface area (Å²) in [7, 11) is 0. The quantitative estimate of drug-likeness (QED) is 0.591. The Labute approximate surface area is 168 Å². The van der Waals surface area contributed by atoms with E-state index in [1.807, 2.05) is 25.5 Å². The zero-order valence-corrected chi connectivity index (χ0v) is 18.2. The molecule has 26 heavy (non-hydrogen) atoms. The van der Waals surface area contributed by atoms with E-state index in [-0.39, 0.29) is 6.09 Å². The molecule has 0 spiro atoms. The molecule has 140 valence electrons. The first-order chi connectivity index (χ1) is 12.2. The fourth-order valence-electron chi connectivity index (χ4n) is 3.08. The number of aromatic nitrogens is 2. The lowest BCUT2D eigenvalue weighted by Gasteiger charge is -2.30. The van der Waals surface area contributed by atoms with E-state index in [2.05, 4.69) is 60.7 Å². The Morgan fingerprint density at radius 3 is 2.46 bits per heavy atom. The number of nitrogens with zero attached hydrogens (tertiary/aromatic N) is 3. The summed E-state index contributed by atoms with van der Waals surface area (Å²) in [6, 6.07) is 8.57. The second kappa shape index (κ2) is 7.21. The molecule has 0 N–H and O–H groups in total. The molecule has 5 nitrogen and oxygen atoms in total. The van der Waals surface area contributed by atoms with Gasteiger partial charge in [-0.25, -0.2) is 9.48 Å². The van der Waals surface area contributed by atoms with Crippen molar-refractivity contribution in [3.8, 4) is 5.69 Å². The van der Waals surface area contributed by atoms with Crippen molar-refractivity contribution < 1.29 is 9.53 Å². The predicted molar refractivity (Wildman–Crippen MR) is 111 cm³/mol. The van der Waals surface area contributed by atoms with E-state index in [1.54, 1.807) is 4.90 Å². The van der Waals surface area contributed by atoms with E-state index in [1.165, 1.54) is 11.3 Å². The van der Waals surface area contributed by atoms with Gasteiger partial charge in [-0.1, -0.05) is 26.0 Å². The fraction of sp³-hybridized carbons (Fsp3) is 0.500. The van der Waals surface area contributed by atoms with Gasteiger partial charge in [0.05, 0.1) is 17.9 Å². The summed E-state index contributed by atoms with van der Waals surface area (Å²) in [6.07, 6.45) is 0.518. The van der Waals surface area contributed by atoms with Crippen molar-refractivity contribution in [2.45, 2.75) is 59.1 Å². The Morgan fingerprint density at radius 1 is 1.23 bits per heavy atom. The van der Waals surface area contributed by atoms with Crippen molar-refractivity contribution in [3.63, 3.8) is 0 Å². The maximum absolute atomic E-state index is 12.4. The highest BCUT2D eigenvalue weighted by Crippen LogP contribution is 2.28. The van der Waals surface area contributed by atoms with E-state index < -0.39 is 5.60 Å². The minimum Gasteiger partial charge on any atom is -0.444 e. The third-order valence-corrected chi connectivity index (χ3v) is 5.33. The monoisotopic (exact) mass is 467 g/mol. The Morgan fingerprint density at radius 2 is 1.88 bits per heavy atom. The van der Waals surface area contributed by atoms with Crippen molar-refractivity contribution in [2.75, 3.05) is 6.54 Å². The molecule has 6 heteroatoms. The number of rotatable bonds is 2. The molecule has 1 amide bonds. The Bertz CT molecular complexity index is 804. The zero-order chi connectivity index (χ0) is 19.1. The molecule has 0 unspecified atom stereocenters. The zero-order valence-electron chi connectivity index (χ0n) is 16.0. The molecule has 0 saturated carbocycles. The van der Waals surface area contributed by atoms with Gasteiger partial charge in [0.25, 0.3) is 0 Å². The number of carbonyl (C=O) groups is 1. The number of fused-ring (bicyclic) bond motifs is 1. The van der Waals surface area contributed by atoms with E-state index in [4.69, 9.17) is 9.84 Å². The van der Waals surface area contributed by atoms with Crippen LogP contribution in [0.3, 0.4) is 0 Å². The number of ether oxygens (including phenoxy) is 1. The summed E-state index contributed by atoms with van der Waals surface area (Å²) in [4.78, 5) is 14.2. The fourth-order valence-corrected chi connectivity index (χ4v) is 3.77. The van der Waals surface area contributed by atoms with Crippen LogP contribution in [0.1, 0.15) is 57.4 Å². The average molecular weight is 467 g/mol. The second-order valence-electron chi connectivity index (χ2n) is 8.03. The van der Waals surface area contributed by atoms with E-state index in [0.29, 0.717) is 19.0 Å². The minimum atomic E-state index is -0.479. The van der Waals surface area contributed by atoms with Gasteiger partial charge < -0.3 is 9.64 Å². The van der Waals surface area contributed by atoms with Gasteiger partial charge in [-0.3, -0.25) is 0 Å². The lowest BCUT2D eigenvalue weighted by molar-refractivity contribution is 0.0222. The highest BCUT2D eigenvalue weighted by atomic mass is 127. The summed E-state index contributed by atoms with van der Waals surface area (Å²) in [5.41, 5.74) is 4.22. The van der Waals surface area contributed by atoms with Crippen LogP contribution in [0.2, 0.25) is 0 Å². The molecular weight excluding hydrogens is 441 g/mol. The smallest absolute Gasteiger partial charge is 0.410 e. The topological polar surface area (TPSA) is 47.4 Å². The minimum absolute atomic E-state index is 0.256. The van der Waals surface area contributed by atoms with Crippen molar-refractivity contribution in [3.05, 3.63) is 44.8 Å². The maximum Gasteiger partial charge on any atom is 0.410 e.